The topological polar surface area (TPSA) is 38.5 Å². The van der Waals surface area contributed by atoms with Gasteiger partial charge < -0.3 is 10.5 Å². The van der Waals surface area contributed by atoms with Crippen molar-refractivity contribution in [3.63, 3.8) is 0 Å². The van der Waals surface area contributed by atoms with Crippen molar-refractivity contribution in [2.75, 3.05) is 26.2 Å². The Kier molecular flexibility index (Phi) is 5.05. The number of ether oxygens (including phenoxy) is 1. The molecule has 2 aliphatic rings. The van der Waals surface area contributed by atoms with E-state index in [0.29, 0.717) is 6.04 Å². The van der Waals surface area contributed by atoms with E-state index in [0.717, 1.165) is 32.2 Å². The minimum absolute atomic E-state index is 0.00279. The van der Waals surface area contributed by atoms with Crippen molar-refractivity contribution in [2.45, 2.75) is 64.0 Å². The van der Waals surface area contributed by atoms with E-state index < -0.39 is 0 Å². The molecule has 1 heterocycles. The predicted molar refractivity (Wildman–Crippen MR) is 75.6 cm³/mol. The van der Waals surface area contributed by atoms with Crippen molar-refractivity contribution in [1.82, 2.24) is 4.90 Å². The van der Waals surface area contributed by atoms with E-state index in [1.165, 1.54) is 38.5 Å². The van der Waals surface area contributed by atoms with Gasteiger partial charge in [0.1, 0.15) is 0 Å². The molecule has 0 aromatic carbocycles. The molecular weight excluding hydrogens is 224 g/mol. The molecule has 1 saturated carbocycles. The van der Waals surface area contributed by atoms with Crippen molar-refractivity contribution in [3.8, 4) is 0 Å². The maximum absolute atomic E-state index is 6.34. The number of hydrogen-bond donors (Lipinski definition) is 1. The third-order valence-corrected chi connectivity index (χ3v) is 4.36. The molecule has 2 N–H and O–H groups in total. The Bertz CT molecular complexity index is 249. The van der Waals surface area contributed by atoms with E-state index in [-0.39, 0.29) is 5.60 Å². The normalized spacial score (nSPS) is 28.2. The average Bonchev–Trinajstić information content (AvgIpc) is 2.28. The minimum Gasteiger partial charge on any atom is -0.373 e. The standard InChI is InChI=1S/C15H30N2O/c1-15(2)12-17(8-9-18-15)11-14(16)10-13-6-4-3-5-7-13/h13-14H,3-12,16H2,1-2H3. The fraction of sp³-hybridized carbons (Fsp3) is 1.00. The van der Waals surface area contributed by atoms with Crippen molar-refractivity contribution in [2.24, 2.45) is 11.7 Å². The molecule has 3 nitrogen and oxygen atoms in total. The van der Waals surface area contributed by atoms with Gasteiger partial charge in [-0.15, -0.1) is 0 Å². The van der Waals surface area contributed by atoms with Gasteiger partial charge in [0.25, 0.3) is 0 Å². The Morgan fingerprint density at radius 2 is 2.00 bits per heavy atom. The Morgan fingerprint density at radius 3 is 2.67 bits per heavy atom. The third kappa shape index (κ3) is 4.52. The zero-order valence-corrected chi connectivity index (χ0v) is 12.2. The number of rotatable bonds is 4. The van der Waals surface area contributed by atoms with E-state index in [1.807, 2.05) is 0 Å². The molecule has 0 spiro atoms. The molecule has 0 aromatic rings. The summed E-state index contributed by atoms with van der Waals surface area (Å²) in [6.45, 7) is 8.30. The molecule has 106 valence electrons. The van der Waals surface area contributed by atoms with Gasteiger partial charge in [0.2, 0.25) is 0 Å². The maximum atomic E-state index is 6.34. The lowest BCUT2D eigenvalue weighted by Crippen LogP contribution is -2.51. The summed E-state index contributed by atoms with van der Waals surface area (Å²) in [5.74, 6) is 0.891. The first-order valence-corrected chi connectivity index (χ1v) is 7.67. The van der Waals surface area contributed by atoms with Gasteiger partial charge >= 0.3 is 0 Å². The van der Waals surface area contributed by atoms with Gasteiger partial charge in [-0.3, -0.25) is 4.90 Å². The third-order valence-electron chi connectivity index (χ3n) is 4.36. The second kappa shape index (κ2) is 6.36. The Balaban J connectivity index is 1.71. The van der Waals surface area contributed by atoms with Gasteiger partial charge in [-0.25, -0.2) is 0 Å². The Labute approximate surface area is 112 Å². The molecule has 2 rings (SSSR count). The first kappa shape index (κ1) is 14.3. The molecule has 2 fully saturated rings. The summed E-state index contributed by atoms with van der Waals surface area (Å²) >= 11 is 0. The Morgan fingerprint density at radius 1 is 1.28 bits per heavy atom. The van der Waals surface area contributed by atoms with Gasteiger partial charge in [0.15, 0.2) is 0 Å². The summed E-state index contributed by atoms with van der Waals surface area (Å²) in [7, 11) is 0. The van der Waals surface area contributed by atoms with Crippen LogP contribution in [0.5, 0.6) is 0 Å². The van der Waals surface area contributed by atoms with Crippen LogP contribution >= 0.6 is 0 Å². The summed E-state index contributed by atoms with van der Waals surface area (Å²) in [5.41, 5.74) is 6.34. The van der Waals surface area contributed by atoms with Crippen LogP contribution in [0.15, 0.2) is 0 Å². The van der Waals surface area contributed by atoms with E-state index in [1.54, 1.807) is 0 Å². The zero-order valence-electron chi connectivity index (χ0n) is 12.2. The highest BCUT2D eigenvalue weighted by Gasteiger charge is 2.28. The monoisotopic (exact) mass is 254 g/mol. The van der Waals surface area contributed by atoms with E-state index in [9.17, 15) is 0 Å². The number of morpholine rings is 1. The second-order valence-corrected chi connectivity index (χ2v) is 6.84. The SMILES string of the molecule is CC1(C)CN(CC(N)CC2CCCCC2)CCO1. The van der Waals surface area contributed by atoms with Crippen LogP contribution in [0.3, 0.4) is 0 Å². The van der Waals surface area contributed by atoms with Gasteiger partial charge in [0, 0.05) is 25.7 Å². The van der Waals surface area contributed by atoms with E-state index in [2.05, 4.69) is 18.7 Å². The van der Waals surface area contributed by atoms with Gasteiger partial charge in [-0.05, 0) is 26.2 Å². The summed E-state index contributed by atoms with van der Waals surface area (Å²) in [5, 5.41) is 0. The maximum Gasteiger partial charge on any atom is 0.0753 e. The van der Waals surface area contributed by atoms with Crippen LogP contribution in [0.2, 0.25) is 0 Å². The van der Waals surface area contributed by atoms with Crippen LogP contribution in [0.25, 0.3) is 0 Å². The van der Waals surface area contributed by atoms with E-state index >= 15 is 0 Å². The van der Waals surface area contributed by atoms with Crippen molar-refractivity contribution < 1.29 is 4.74 Å². The average molecular weight is 254 g/mol. The van der Waals surface area contributed by atoms with Crippen LogP contribution in [-0.4, -0.2) is 42.8 Å². The van der Waals surface area contributed by atoms with Crippen LogP contribution in [0.1, 0.15) is 52.4 Å². The van der Waals surface area contributed by atoms with Crippen LogP contribution in [0.4, 0.5) is 0 Å². The smallest absolute Gasteiger partial charge is 0.0753 e. The zero-order chi connectivity index (χ0) is 13.0. The molecule has 1 aliphatic carbocycles. The lowest BCUT2D eigenvalue weighted by Gasteiger charge is -2.39. The molecule has 3 heteroatoms. The molecule has 18 heavy (non-hydrogen) atoms. The molecular formula is C15H30N2O. The first-order chi connectivity index (χ1) is 8.55. The molecule has 1 saturated heterocycles. The quantitative estimate of drug-likeness (QED) is 0.837. The number of nitrogens with zero attached hydrogens (tertiary/aromatic N) is 1. The molecule has 1 aliphatic heterocycles. The first-order valence-electron chi connectivity index (χ1n) is 7.67. The van der Waals surface area contributed by atoms with Crippen LogP contribution in [0, 0.1) is 5.92 Å². The summed E-state index contributed by atoms with van der Waals surface area (Å²) < 4.78 is 5.74. The number of nitrogens with two attached hydrogens (primary N) is 1. The summed E-state index contributed by atoms with van der Waals surface area (Å²) in [6.07, 6.45) is 8.30. The fourth-order valence-electron chi connectivity index (χ4n) is 3.53. The largest absolute Gasteiger partial charge is 0.373 e. The molecule has 0 aromatic heterocycles. The minimum atomic E-state index is 0.00279. The van der Waals surface area contributed by atoms with Crippen molar-refractivity contribution >= 4 is 0 Å². The molecule has 0 amide bonds. The second-order valence-electron chi connectivity index (χ2n) is 6.84. The highest BCUT2D eigenvalue weighted by Crippen LogP contribution is 2.27. The fourth-order valence-corrected chi connectivity index (χ4v) is 3.53. The van der Waals surface area contributed by atoms with Gasteiger partial charge in [-0.1, -0.05) is 32.1 Å². The molecule has 0 bridgehead atoms. The van der Waals surface area contributed by atoms with Crippen molar-refractivity contribution in [3.05, 3.63) is 0 Å². The highest BCUT2D eigenvalue weighted by molar-refractivity contribution is 4.82. The Hall–Kier alpha value is -0.120. The summed E-state index contributed by atoms with van der Waals surface area (Å²) in [4.78, 5) is 2.48. The van der Waals surface area contributed by atoms with Gasteiger partial charge in [0.05, 0.1) is 12.2 Å². The highest BCUT2D eigenvalue weighted by atomic mass is 16.5. The predicted octanol–water partition coefficient (Wildman–Crippen LogP) is 2.39. The molecule has 0 radical (unpaired) electrons. The molecule has 1 atom stereocenters. The van der Waals surface area contributed by atoms with E-state index in [4.69, 9.17) is 10.5 Å². The van der Waals surface area contributed by atoms with Gasteiger partial charge in [-0.2, -0.15) is 0 Å². The van der Waals surface area contributed by atoms with Crippen molar-refractivity contribution in [1.29, 1.82) is 0 Å². The number of hydrogen-bond acceptors (Lipinski definition) is 3. The lowest BCUT2D eigenvalue weighted by molar-refractivity contribution is -0.0872. The van der Waals surface area contributed by atoms with Crippen LogP contribution < -0.4 is 5.73 Å². The lowest BCUT2D eigenvalue weighted by atomic mass is 9.85. The van der Waals surface area contributed by atoms with Crippen LogP contribution in [-0.2, 0) is 4.74 Å². The molecule has 1 unspecified atom stereocenters. The summed E-state index contributed by atoms with van der Waals surface area (Å²) in [6, 6.07) is 0.349.